The largest absolute Gasteiger partial charge is 0.497 e. The SMILES string of the molecule is COc1cccc(Oc2cnn(-c3ccccc3)c(=O)c2Nc2cccc(C(=O)NCc3cccnc3)c2)c1. The minimum Gasteiger partial charge on any atom is -0.497 e. The fourth-order valence-corrected chi connectivity index (χ4v) is 3.85. The van der Waals surface area contributed by atoms with E-state index in [0.29, 0.717) is 35.0 Å². The Morgan fingerprint density at radius 1 is 0.897 bits per heavy atom. The molecule has 0 aliphatic carbocycles. The van der Waals surface area contributed by atoms with Gasteiger partial charge in [0.2, 0.25) is 0 Å². The number of hydrogen-bond acceptors (Lipinski definition) is 7. The van der Waals surface area contributed by atoms with Crippen molar-refractivity contribution >= 4 is 17.3 Å². The maximum atomic E-state index is 13.6. The molecule has 0 unspecified atom stereocenters. The molecule has 0 fully saturated rings. The number of amides is 1. The average molecular weight is 520 g/mol. The summed E-state index contributed by atoms with van der Waals surface area (Å²) < 4.78 is 12.6. The van der Waals surface area contributed by atoms with Crippen LogP contribution in [0.2, 0.25) is 0 Å². The van der Waals surface area contributed by atoms with Gasteiger partial charge in [0.25, 0.3) is 11.5 Å². The molecule has 0 bridgehead atoms. The highest BCUT2D eigenvalue weighted by Gasteiger charge is 2.16. The number of benzene rings is 3. The number of hydrogen-bond donors (Lipinski definition) is 2. The number of pyridine rings is 1. The third-order valence-corrected chi connectivity index (χ3v) is 5.78. The van der Waals surface area contributed by atoms with Gasteiger partial charge in [-0.2, -0.15) is 9.78 Å². The fourth-order valence-electron chi connectivity index (χ4n) is 3.85. The molecule has 0 aliphatic heterocycles. The van der Waals surface area contributed by atoms with Crippen LogP contribution in [-0.4, -0.2) is 27.8 Å². The lowest BCUT2D eigenvalue weighted by Gasteiger charge is -2.15. The molecule has 2 N–H and O–H groups in total. The molecule has 5 aromatic rings. The highest BCUT2D eigenvalue weighted by atomic mass is 16.5. The Bertz CT molecular complexity index is 1640. The quantitative estimate of drug-likeness (QED) is 0.279. The van der Waals surface area contributed by atoms with Crippen molar-refractivity contribution in [3.8, 4) is 22.9 Å². The topological polar surface area (TPSA) is 107 Å². The van der Waals surface area contributed by atoms with Gasteiger partial charge in [0.1, 0.15) is 11.5 Å². The molecular formula is C30H25N5O4. The number of nitrogens with zero attached hydrogens (tertiary/aromatic N) is 3. The molecule has 9 heteroatoms. The molecule has 39 heavy (non-hydrogen) atoms. The van der Waals surface area contributed by atoms with Crippen LogP contribution in [0.15, 0.2) is 114 Å². The summed E-state index contributed by atoms with van der Waals surface area (Å²) in [5.41, 5.74) is 2.18. The van der Waals surface area contributed by atoms with Gasteiger partial charge in [0, 0.05) is 36.3 Å². The van der Waals surface area contributed by atoms with E-state index in [2.05, 4.69) is 20.7 Å². The summed E-state index contributed by atoms with van der Waals surface area (Å²) in [6.07, 6.45) is 4.85. The van der Waals surface area contributed by atoms with Crippen LogP contribution in [0.3, 0.4) is 0 Å². The van der Waals surface area contributed by atoms with Crippen molar-refractivity contribution < 1.29 is 14.3 Å². The summed E-state index contributed by atoms with van der Waals surface area (Å²) >= 11 is 0. The van der Waals surface area contributed by atoms with Crippen molar-refractivity contribution in [1.82, 2.24) is 20.1 Å². The summed E-state index contributed by atoms with van der Waals surface area (Å²) in [5.74, 6) is 1.04. The molecule has 0 saturated carbocycles. The van der Waals surface area contributed by atoms with Gasteiger partial charge in [0.15, 0.2) is 11.4 Å². The van der Waals surface area contributed by atoms with E-state index in [9.17, 15) is 9.59 Å². The minimum atomic E-state index is -0.423. The van der Waals surface area contributed by atoms with Crippen LogP contribution < -0.4 is 25.7 Å². The van der Waals surface area contributed by atoms with Crippen LogP contribution >= 0.6 is 0 Å². The number of carbonyl (C=O) groups excluding carboxylic acids is 1. The lowest BCUT2D eigenvalue weighted by atomic mass is 10.1. The number of carbonyl (C=O) groups is 1. The summed E-state index contributed by atoms with van der Waals surface area (Å²) in [6.45, 7) is 0.342. The van der Waals surface area contributed by atoms with Crippen molar-refractivity contribution in [3.63, 3.8) is 0 Å². The predicted molar refractivity (Wildman–Crippen MR) is 148 cm³/mol. The summed E-state index contributed by atoms with van der Waals surface area (Å²) in [6, 6.07) is 26.7. The normalized spacial score (nSPS) is 10.5. The Hall–Kier alpha value is -5.44. The monoisotopic (exact) mass is 519 g/mol. The molecule has 194 valence electrons. The van der Waals surface area contributed by atoms with E-state index < -0.39 is 5.56 Å². The number of anilines is 2. The van der Waals surface area contributed by atoms with E-state index in [0.717, 1.165) is 5.56 Å². The van der Waals surface area contributed by atoms with E-state index in [1.54, 1.807) is 80.2 Å². The van der Waals surface area contributed by atoms with Crippen molar-refractivity contribution in [2.24, 2.45) is 0 Å². The number of para-hydroxylation sites is 1. The third-order valence-electron chi connectivity index (χ3n) is 5.78. The van der Waals surface area contributed by atoms with Crippen LogP contribution in [0.5, 0.6) is 17.2 Å². The molecule has 0 atom stereocenters. The first-order valence-electron chi connectivity index (χ1n) is 12.1. The molecule has 0 spiro atoms. The maximum Gasteiger partial charge on any atom is 0.299 e. The first-order valence-corrected chi connectivity index (χ1v) is 12.1. The Morgan fingerprint density at radius 3 is 2.51 bits per heavy atom. The van der Waals surface area contributed by atoms with E-state index in [4.69, 9.17) is 9.47 Å². The van der Waals surface area contributed by atoms with Gasteiger partial charge in [0.05, 0.1) is 19.0 Å². The molecule has 3 aromatic carbocycles. The maximum absolute atomic E-state index is 13.6. The summed E-state index contributed by atoms with van der Waals surface area (Å²) in [4.78, 5) is 30.5. The molecule has 2 aromatic heterocycles. The zero-order valence-corrected chi connectivity index (χ0v) is 21.1. The molecule has 2 heterocycles. The van der Waals surface area contributed by atoms with E-state index in [1.807, 2.05) is 30.3 Å². The van der Waals surface area contributed by atoms with Gasteiger partial charge in [-0.25, -0.2) is 0 Å². The number of aromatic nitrogens is 3. The molecule has 1 amide bonds. The first-order chi connectivity index (χ1) is 19.1. The molecule has 0 saturated heterocycles. The second-order valence-electron chi connectivity index (χ2n) is 8.47. The molecule has 9 nitrogen and oxygen atoms in total. The molecule has 0 radical (unpaired) electrons. The van der Waals surface area contributed by atoms with Crippen molar-refractivity contribution in [2.75, 3.05) is 12.4 Å². The van der Waals surface area contributed by atoms with Crippen molar-refractivity contribution in [3.05, 3.63) is 131 Å². The van der Waals surface area contributed by atoms with E-state index in [1.165, 1.54) is 10.9 Å². The zero-order valence-electron chi connectivity index (χ0n) is 21.1. The van der Waals surface area contributed by atoms with Gasteiger partial charge in [-0.05, 0) is 54.1 Å². The van der Waals surface area contributed by atoms with Crippen LogP contribution in [0, 0.1) is 0 Å². The molecule has 0 aliphatic rings. The highest BCUT2D eigenvalue weighted by molar-refractivity contribution is 5.95. The third kappa shape index (κ3) is 6.11. The van der Waals surface area contributed by atoms with Crippen LogP contribution in [-0.2, 0) is 6.54 Å². The Labute approximate surface area is 224 Å². The number of ether oxygens (including phenoxy) is 2. The van der Waals surface area contributed by atoms with Gasteiger partial charge in [-0.1, -0.05) is 36.4 Å². The highest BCUT2D eigenvalue weighted by Crippen LogP contribution is 2.30. The van der Waals surface area contributed by atoms with Crippen LogP contribution in [0.1, 0.15) is 15.9 Å². The number of methoxy groups -OCH3 is 1. The van der Waals surface area contributed by atoms with Crippen LogP contribution in [0.25, 0.3) is 5.69 Å². The lowest BCUT2D eigenvalue weighted by Crippen LogP contribution is -2.24. The molecule has 5 rings (SSSR count). The minimum absolute atomic E-state index is 0.157. The second-order valence-corrected chi connectivity index (χ2v) is 8.47. The zero-order chi connectivity index (χ0) is 27.0. The average Bonchev–Trinajstić information content (AvgIpc) is 2.99. The lowest BCUT2D eigenvalue weighted by molar-refractivity contribution is 0.0951. The standard InChI is InChI=1S/C30H25N5O4/c1-38-25-13-6-14-26(17-25)39-27-20-33-35(24-11-3-2-4-12-24)30(37)28(27)34-23-10-5-9-22(16-23)29(36)32-19-21-8-7-15-31-18-21/h2-18,20,34H,19H2,1H3,(H,32,36). The van der Waals surface area contributed by atoms with Crippen molar-refractivity contribution in [1.29, 1.82) is 0 Å². The predicted octanol–water partition coefficient (Wildman–Crippen LogP) is 5.10. The van der Waals surface area contributed by atoms with Gasteiger partial charge < -0.3 is 20.1 Å². The van der Waals surface area contributed by atoms with Gasteiger partial charge in [-0.15, -0.1) is 0 Å². The van der Waals surface area contributed by atoms with E-state index >= 15 is 0 Å². The molecular weight excluding hydrogens is 494 g/mol. The smallest absolute Gasteiger partial charge is 0.299 e. The van der Waals surface area contributed by atoms with Crippen molar-refractivity contribution in [2.45, 2.75) is 6.54 Å². The number of nitrogens with one attached hydrogen (secondary N) is 2. The van der Waals surface area contributed by atoms with E-state index in [-0.39, 0.29) is 17.3 Å². The summed E-state index contributed by atoms with van der Waals surface area (Å²) in [5, 5.41) is 10.4. The summed E-state index contributed by atoms with van der Waals surface area (Å²) in [7, 11) is 1.56. The Kier molecular flexibility index (Phi) is 7.59. The second kappa shape index (κ2) is 11.7. The Balaban J connectivity index is 1.46. The van der Waals surface area contributed by atoms with Gasteiger partial charge >= 0.3 is 0 Å². The fraction of sp³-hybridized carbons (Fsp3) is 0.0667. The van der Waals surface area contributed by atoms with Crippen LogP contribution in [0.4, 0.5) is 11.4 Å². The van der Waals surface area contributed by atoms with Gasteiger partial charge in [-0.3, -0.25) is 14.6 Å². The first kappa shape index (κ1) is 25.2. The Morgan fingerprint density at radius 2 is 1.72 bits per heavy atom. The number of rotatable bonds is 9.